The number of ether oxygens (including phenoxy) is 2. The molecule has 0 aliphatic rings. The lowest BCUT2D eigenvalue weighted by molar-refractivity contribution is -0.0318. The predicted octanol–water partition coefficient (Wildman–Crippen LogP) is 2.80. The van der Waals surface area contributed by atoms with E-state index >= 15 is 0 Å². The smallest absolute Gasteiger partial charge is 0.408 e. The molecule has 0 bridgehead atoms. The zero-order chi connectivity index (χ0) is 16.5. The summed E-state index contributed by atoms with van der Waals surface area (Å²) < 4.78 is 10.6. The van der Waals surface area contributed by atoms with Crippen LogP contribution in [0.5, 0.6) is 0 Å². The highest BCUT2D eigenvalue weighted by molar-refractivity contribution is 5.68. The van der Waals surface area contributed by atoms with Crippen molar-refractivity contribution in [2.75, 3.05) is 13.2 Å². The van der Waals surface area contributed by atoms with Gasteiger partial charge >= 0.3 is 6.09 Å². The Hall–Kier alpha value is -1.33. The molecule has 1 amide bonds. The summed E-state index contributed by atoms with van der Waals surface area (Å²) in [5.74, 6) is 0. The molecule has 0 spiro atoms. The SMILES string of the molecule is C=CCC(O)(CC=C)C(COCC)NC(=O)OC(C)(C)C. The van der Waals surface area contributed by atoms with Gasteiger partial charge in [0, 0.05) is 6.61 Å². The van der Waals surface area contributed by atoms with Crippen LogP contribution in [0.15, 0.2) is 25.3 Å². The van der Waals surface area contributed by atoms with E-state index in [4.69, 9.17) is 9.47 Å². The molecule has 21 heavy (non-hydrogen) atoms. The standard InChI is InChI=1S/C16H29NO4/c1-7-10-16(19,11-8-2)13(12-20-9-3)17-14(18)21-15(4,5)6/h7-8,13,19H,1-2,9-12H2,3-6H3,(H,17,18). The van der Waals surface area contributed by atoms with Gasteiger partial charge in [-0.2, -0.15) is 0 Å². The van der Waals surface area contributed by atoms with Crippen LogP contribution < -0.4 is 5.32 Å². The Morgan fingerprint density at radius 3 is 2.19 bits per heavy atom. The molecule has 0 radical (unpaired) electrons. The highest BCUT2D eigenvalue weighted by atomic mass is 16.6. The minimum absolute atomic E-state index is 0.188. The van der Waals surface area contributed by atoms with Crippen molar-refractivity contribution >= 4 is 6.09 Å². The molecule has 0 aromatic heterocycles. The summed E-state index contributed by atoms with van der Waals surface area (Å²) in [7, 11) is 0. The van der Waals surface area contributed by atoms with Gasteiger partial charge in [-0.3, -0.25) is 0 Å². The van der Waals surface area contributed by atoms with E-state index in [0.717, 1.165) is 0 Å². The topological polar surface area (TPSA) is 67.8 Å². The fourth-order valence-electron chi connectivity index (χ4n) is 1.88. The lowest BCUT2D eigenvalue weighted by atomic mass is 9.87. The van der Waals surface area contributed by atoms with Gasteiger partial charge < -0.3 is 19.9 Å². The van der Waals surface area contributed by atoms with Gasteiger partial charge in [0.25, 0.3) is 0 Å². The van der Waals surface area contributed by atoms with Crippen molar-refractivity contribution < 1.29 is 19.4 Å². The van der Waals surface area contributed by atoms with Gasteiger partial charge in [0.15, 0.2) is 0 Å². The number of hydrogen-bond donors (Lipinski definition) is 2. The van der Waals surface area contributed by atoms with Crippen LogP contribution in [0.4, 0.5) is 4.79 Å². The van der Waals surface area contributed by atoms with Crippen LogP contribution in [0.1, 0.15) is 40.5 Å². The highest BCUT2D eigenvalue weighted by Gasteiger charge is 2.36. The molecule has 0 rings (SSSR count). The minimum Gasteiger partial charge on any atom is -0.444 e. The van der Waals surface area contributed by atoms with Crippen LogP contribution in [-0.2, 0) is 9.47 Å². The fourth-order valence-corrected chi connectivity index (χ4v) is 1.88. The van der Waals surface area contributed by atoms with Gasteiger partial charge in [0.05, 0.1) is 18.2 Å². The number of carbonyl (C=O) groups is 1. The van der Waals surface area contributed by atoms with E-state index in [1.54, 1.807) is 32.9 Å². The molecular weight excluding hydrogens is 270 g/mol. The molecule has 0 saturated heterocycles. The van der Waals surface area contributed by atoms with Crippen molar-refractivity contribution in [1.82, 2.24) is 5.32 Å². The Bertz CT molecular complexity index is 337. The van der Waals surface area contributed by atoms with E-state index in [9.17, 15) is 9.90 Å². The van der Waals surface area contributed by atoms with E-state index < -0.39 is 23.3 Å². The summed E-state index contributed by atoms with van der Waals surface area (Å²) in [6, 6.07) is -0.608. The number of amides is 1. The fraction of sp³-hybridized carbons (Fsp3) is 0.688. The zero-order valence-electron chi connectivity index (χ0n) is 13.6. The molecule has 122 valence electrons. The molecule has 0 aromatic carbocycles. The first-order chi connectivity index (χ1) is 9.68. The normalized spacial score (nSPS) is 13.4. The minimum atomic E-state index is -1.20. The number of aliphatic hydroxyl groups is 1. The average molecular weight is 299 g/mol. The number of nitrogens with one attached hydrogen (secondary N) is 1. The van der Waals surface area contributed by atoms with Gasteiger partial charge in [-0.25, -0.2) is 4.79 Å². The van der Waals surface area contributed by atoms with Gasteiger partial charge in [0.2, 0.25) is 0 Å². The van der Waals surface area contributed by atoms with Crippen LogP contribution in [-0.4, -0.2) is 41.7 Å². The summed E-state index contributed by atoms with van der Waals surface area (Å²) in [6.07, 6.45) is 3.26. The molecular formula is C16H29NO4. The molecule has 2 N–H and O–H groups in total. The summed E-state index contributed by atoms with van der Waals surface area (Å²) in [4.78, 5) is 11.9. The first-order valence-corrected chi connectivity index (χ1v) is 7.20. The van der Waals surface area contributed by atoms with E-state index in [-0.39, 0.29) is 6.61 Å². The van der Waals surface area contributed by atoms with Crippen LogP contribution in [0.25, 0.3) is 0 Å². The summed E-state index contributed by atoms with van der Waals surface area (Å²) in [6.45, 7) is 15.2. The molecule has 0 aromatic rings. The van der Waals surface area contributed by atoms with Crippen LogP contribution in [0.2, 0.25) is 0 Å². The van der Waals surface area contributed by atoms with Crippen molar-refractivity contribution in [3.05, 3.63) is 25.3 Å². The van der Waals surface area contributed by atoms with Crippen molar-refractivity contribution in [2.24, 2.45) is 0 Å². The third-order valence-corrected chi connectivity index (χ3v) is 2.82. The van der Waals surface area contributed by atoms with Crippen molar-refractivity contribution in [2.45, 2.75) is 57.8 Å². The summed E-state index contributed by atoms with van der Waals surface area (Å²) >= 11 is 0. The second kappa shape index (κ2) is 8.85. The lowest BCUT2D eigenvalue weighted by Crippen LogP contribution is -2.55. The second-order valence-electron chi connectivity index (χ2n) is 5.95. The summed E-state index contributed by atoms with van der Waals surface area (Å²) in [5.41, 5.74) is -1.80. The van der Waals surface area contributed by atoms with Crippen molar-refractivity contribution in [1.29, 1.82) is 0 Å². The van der Waals surface area contributed by atoms with E-state index in [2.05, 4.69) is 18.5 Å². The van der Waals surface area contributed by atoms with Crippen molar-refractivity contribution in [3.63, 3.8) is 0 Å². The second-order valence-corrected chi connectivity index (χ2v) is 5.95. The van der Waals surface area contributed by atoms with Crippen molar-refractivity contribution in [3.8, 4) is 0 Å². The quantitative estimate of drug-likeness (QED) is 0.642. The van der Waals surface area contributed by atoms with Crippen LogP contribution >= 0.6 is 0 Å². The van der Waals surface area contributed by atoms with Gasteiger partial charge in [-0.1, -0.05) is 12.2 Å². The molecule has 1 unspecified atom stereocenters. The number of rotatable bonds is 9. The predicted molar refractivity (Wildman–Crippen MR) is 84.2 cm³/mol. The molecule has 0 aliphatic heterocycles. The molecule has 0 aliphatic carbocycles. The van der Waals surface area contributed by atoms with E-state index in [1.165, 1.54) is 0 Å². The lowest BCUT2D eigenvalue weighted by Gasteiger charge is -2.35. The number of alkyl carbamates (subject to hydrolysis) is 1. The molecule has 0 fully saturated rings. The summed E-state index contributed by atoms with van der Waals surface area (Å²) in [5, 5.41) is 13.4. The monoisotopic (exact) mass is 299 g/mol. The average Bonchev–Trinajstić information content (AvgIpc) is 2.32. The molecule has 5 heteroatoms. The number of carbonyl (C=O) groups excluding carboxylic acids is 1. The van der Waals surface area contributed by atoms with Gasteiger partial charge in [-0.05, 0) is 40.5 Å². The Kier molecular flexibility index (Phi) is 8.29. The molecule has 1 atom stereocenters. The maximum absolute atomic E-state index is 11.9. The molecule has 5 nitrogen and oxygen atoms in total. The zero-order valence-corrected chi connectivity index (χ0v) is 13.6. The molecule has 0 saturated carbocycles. The Balaban J connectivity index is 5.01. The number of hydrogen-bond acceptors (Lipinski definition) is 4. The Morgan fingerprint density at radius 1 is 1.29 bits per heavy atom. The van der Waals surface area contributed by atoms with Gasteiger partial charge in [0.1, 0.15) is 5.60 Å². The maximum Gasteiger partial charge on any atom is 0.408 e. The van der Waals surface area contributed by atoms with Crippen LogP contribution in [0, 0.1) is 0 Å². The molecule has 0 heterocycles. The first-order valence-electron chi connectivity index (χ1n) is 7.20. The van der Waals surface area contributed by atoms with Gasteiger partial charge in [-0.15, -0.1) is 13.2 Å². The largest absolute Gasteiger partial charge is 0.444 e. The Labute approximate surface area is 128 Å². The highest BCUT2D eigenvalue weighted by Crippen LogP contribution is 2.22. The Morgan fingerprint density at radius 2 is 1.81 bits per heavy atom. The first kappa shape index (κ1) is 19.7. The third kappa shape index (κ3) is 7.87. The van der Waals surface area contributed by atoms with E-state index in [1.807, 2.05) is 6.92 Å². The van der Waals surface area contributed by atoms with E-state index in [0.29, 0.717) is 19.4 Å². The van der Waals surface area contributed by atoms with Crippen LogP contribution in [0.3, 0.4) is 0 Å². The third-order valence-electron chi connectivity index (χ3n) is 2.82. The maximum atomic E-state index is 11.9.